The van der Waals surface area contributed by atoms with E-state index in [1.54, 1.807) is 24.5 Å². The molecule has 0 spiro atoms. The number of hydrogen-bond donors (Lipinski definition) is 0. The van der Waals surface area contributed by atoms with Crippen molar-refractivity contribution in [3.63, 3.8) is 0 Å². The van der Waals surface area contributed by atoms with Crippen molar-refractivity contribution in [1.82, 2.24) is 9.97 Å². The monoisotopic (exact) mass is 269 g/mol. The normalized spacial score (nSPS) is 10.8. The van der Waals surface area contributed by atoms with Gasteiger partial charge >= 0.3 is 0 Å². The molecule has 0 amide bonds. The minimum atomic E-state index is -0.417. The van der Waals surface area contributed by atoms with Crippen molar-refractivity contribution in [1.29, 1.82) is 0 Å². The van der Waals surface area contributed by atoms with Crippen LogP contribution in [0.2, 0.25) is 0 Å². The van der Waals surface area contributed by atoms with E-state index in [9.17, 15) is 10.1 Å². The average molecular weight is 269 g/mol. The van der Waals surface area contributed by atoms with Gasteiger partial charge in [-0.1, -0.05) is 6.92 Å². The number of aryl methyl sites for hydroxylation is 1. The van der Waals surface area contributed by atoms with Crippen LogP contribution in [0.4, 0.5) is 5.69 Å². The second-order valence-corrected chi connectivity index (χ2v) is 4.32. The van der Waals surface area contributed by atoms with Crippen LogP contribution in [-0.4, -0.2) is 14.9 Å². The zero-order valence-electron chi connectivity index (χ0n) is 10.7. The van der Waals surface area contributed by atoms with Gasteiger partial charge in [-0.15, -0.1) is 0 Å². The third kappa shape index (κ3) is 2.01. The van der Waals surface area contributed by atoms with E-state index in [-0.39, 0.29) is 5.69 Å². The average Bonchev–Trinajstić information content (AvgIpc) is 2.91. The van der Waals surface area contributed by atoms with Gasteiger partial charge in [0, 0.05) is 35.7 Å². The number of non-ortho nitro benzene ring substituents is 1. The van der Waals surface area contributed by atoms with Crippen LogP contribution < -0.4 is 0 Å². The lowest BCUT2D eigenvalue weighted by atomic mass is 10.1. The summed E-state index contributed by atoms with van der Waals surface area (Å²) < 4.78 is 5.75. The molecule has 0 N–H and O–H groups in total. The van der Waals surface area contributed by atoms with E-state index in [1.165, 1.54) is 12.1 Å². The fourth-order valence-electron chi connectivity index (χ4n) is 2.07. The van der Waals surface area contributed by atoms with Gasteiger partial charge in [0.05, 0.1) is 4.92 Å². The number of oxazole rings is 1. The Bertz CT molecular complexity index is 781. The van der Waals surface area contributed by atoms with Crippen molar-refractivity contribution in [3.8, 4) is 11.5 Å². The van der Waals surface area contributed by atoms with Crippen molar-refractivity contribution in [2.45, 2.75) is 13.3 Å². The van der Waals surface area contributed by atoms with Crippen LogP contribution in [0, 0.1) is 10.1 Å². The second kappa shape index (κ2) is 4.73. The first-order valence-electron chi connectivity index (χ1n) is 6.17. The first-order chi connectivity index (χ1) is 9.69. The van der Waals surface area contributed by atoms with Crippen molar-refractivity contribution in [2.24, 2.45) is 0 Å². The molecule has 0 bridgehead atoms. The van der Waals surface area contributed by atoms with Gasteiger partial charge in [0.25, 0.3) is 5.69 Å². The molecule has 0 aliphatic rings. The molecule has 0 saturated carbocycles. The Morgan fingerprint density at radius 1 is 1.30 bits per heavy atom. The smallest absolute Gasteiger partial charge is 0.272 e. The predicted molar refractivity (Wildman–Crippen MR) is 73.3 cm³/mol. The van der Waals surface area contributed by atoms with Crippen LogP contribution in [0.5, 0.6) is 0 Å². The molecule has 6 nitrogen and oxygen atoms in total. The Balaban J connectivity index is 2.22. The summed E-state index contributed by atoms with van der Waals surface area (Å²) in [5, 5.41) is 10.9. The molecule has 2 aromatic heterocycles. The van der Waals surface area contributed by atoms with Crippen LogP contribution in [-0.2, 0) is 6.42 Å². The predicted octanol–water partition coefficient (Wildman–Crippen LogP) is 3.36. The van der Waals surface area contributed by atoms with Crippen molar-refractivity contribution >= 4 is 16.8 Å². The van der Waals surface area contributed by atoms with Gasteiger partial charge in [-0.3, -0.25) is 15.1 Å². The standard InChI is InChI=1S/C14H11N3O3/c1-2-9-7-11(17(18)19)8-12-13(9)20-14(16-12)10-3-5-15-6-4-10/h3-8H,2H2,1H3. The summed E-state index contributed by atoms with van der Waals surface area (Å²) in [6.07, 6.45) is 3.93. The molecular formula is C14H11N3O3. The highest BCUT2D eigenvalue weighted by molar-refractivity contribution is 5.82. The Morgan fingerprint density at radius 3 is 2.70 bits per heavy atom. The van der Waals surface area contributed by atoms with Gasteiger partial charge in [-0.25, -0.2) is 4.98 Å². The zero-order valence-corrected chi connectivity index (χ0v) is 10.7. The van der Waals surface area contributed by atoms with E-state index in [2.05, 4.69) is 9.97 Å². The molecule has 3 aromatic rings. The third-order valence-corrected chi connectivity index (χ3v) is 3.07. The van der Waals surface area contributed by atoms with Crippen LogP contribution >= 0.6 is 0 Å². The van der Waals surface area contributed by atoms with Crippen molar-refractivity contribution in [3.05, 3.63) is 52.3 Å². The SMILES string of the molecule is CCc1cc([N+](=O)[O-])cc2nc(-c3ccncc3)oc12. The minimum Gasteiger partial charge on any atom is -0.436 e. The van der Waals surface area contributed by atoms with Crippen molar-refractivity contribution in [2.75, 3.05) is 0 Å². The topological polar surface area (TPSA) is 82.1 Å². The summed E-state index contributed by atoms with van der Waals surface area (Å²) >= 11 is 0. The summed E-state index contributed by atoms with van der Waals surface area (Å²) in [7, 11) is 0. The van der Waals surface area contributed by atoms with Crippen molar-refractivity contribution < 1.29 is 9.34 Å². The number of nitrogens with zero attached hydrogens (tertiary/aromatic N) is 3. The Morgan fingerprint density at radius 2 is 2.05 bits per heavy atom. The number of nitro groups is 1. The number of benzene rings is 1. The molecule has 0 aliphatic heterocycles. The number of hydrogen-bond acceptors (Lipinski definition) is 5. The summed E-state index contributed by atoms with van der Waals surface area (Å²) in [4.78, 5) is 18.8. The van der Waals surface area contributed by atoms with Gasteiger partial charge < -0.3 is 4.42 Å². The molecule has 6 heteroatoms. The number of pyridine rings is 1. The highest BCUT2D eigenvalue weighted by atomic mass is 16.6. The first-order valence-corrected chi connectivity index (χ1v) is 6.17. The lowest BCUT2D eigenvalue weighted by molar-refractivity contribution is -0.384. The van der Waals surface area contributed by atoms with Gasteiger partial charge in [-0.05, 0) is 18.6 Å². The molecule has 20 heavy (non-hydrogen) atoms. The molecule has 0 unspecified atom stereocenters. The maximum Gasteiger partial charge on any atom is 0.272 e. The maximum atomic E-state index is 10.9. The van der Waals surface area contributed by atoms with E-state index in [0.717, 1.165) is 11.1 Å². The largest absolute Gasteiger partial charge is 0.436 e. The fraction of sp³-hybridized carbons (Fsp3) is 0.143. The quantitative estimate of drug-likeness (QED) is 0.537. The maximum absolute atomic E-state index is 10.9. The van der Waals surface area contributed by atoms with Crippen LogP contribution in [0.3, 0.4) is 0 Å². The molecule has 0 atom stereocenters. The van der Waals surface area contributed by atoms with Crippen LogP contribution in [0.25, 0.3) is 22.6 Å². The van der Waals surface area contributed by atoms with Gasteiger partial charge in [0.2, 0.25) is 5.89 Å². The Hall–Kier alpha value is -2.76. The lowest BCUT2D eigenvalue weighted by Crippen LogP contribution is -1.90. The lowest BCUT2D eigenvalue weighted by Gasteiger charge is -1.97. The highest BCUT2D eigenvalue weighted by Crippen LogP contribution is 2.30. The van der Waals surface area contributed by atoms with E-state index in [4.69, 9.17) is 4.42 Å². The molecule has 0 aliphatic carbocycles. The molecule has 0 radical (unpaired) electrons. The first kappa shape index (κ1) is 12.3. The minimum absolute atomic E-state index is 0.0314. The zero-order chi connectivity index (χ0) is 14.1. The second-order valence-electron chi connectivity index (χ2n) is 4.32. The molecule has 100 valence electrons. The summed E-state index contributed by atoms with van der Waals surface area (Å²) in [5.74, 6) is 0.442. The fourth-order valence-corrected chi connectivity index (χ4v) is 2.07. The molecule has 3 rings (SSSR count). The highest BCUT2D eigenvalue weighted by Gasteiger charge is 2.16. The summed E-state index contributed by atoms with van der Waals surface area (Å²) in [6, 6.07) is 6.53. The number of nitro benzene ring substituents is 1. The van der Waals surface area contributed by atoms with E-state index in [1.807, 2.05) is 6.92 Å². The molecule has 2 heterocycles. The molecular weight excluding hydrogens is 258 g/mol. The van der Waals surface area contributed by atoms with E-state index >= 15 is 0 Å². The number of rotatable bonds is 3. The van der Waals surface area contributed by atoms with Gasteiger partial charge in [0.1, 0.15) is 5.52 Å². The summed E-state index contributed by atoms with van der Waals surface area (Å²) in [5.41, 5.74) is 2.71. The third-order valence-electron chi connectivity index (χ3n) is 3.07. The molecule has 0 fully saturated rings. The number of fused-ring (bicyclic) bond motifs is 1. The van der Waals surface area contributed by atoms with E-state index < -0.39 is 4.92 Å². The summed E-state index contributed by atoms with van der Waals surface area (Å²) in [6.45, 7) is 1.92. The molecule has 1 aromatic carbocycles. The van der Waals surface area contributed by atoms with Crippen LogP contribution in [0.15, 0.2) is 41.1 Å². The molecule has 0 saturated heterocycles. The Kier molecular flexibility index (Phi) is 2.90. The van der Waals surface area contributed by atoms with Gasteiger partial charge in [0.15, 0.2) is 5.58 Å². The van der Waals surface area contributed by atoms with Crippen LogP contribution in [0.1, 0.15) is 12.5 Å². The Labute approximate surface area is 114 Å². The van der Waals surface area contributed by atoms with E-state index in [0.29, 0.717) is 23.4 Å². The van der Waals surface area contributed by atoms with Gasteiger partial charge in [-0.2, -0.15) is 0 Å². The number of aromatic nitrogens is 2.